The molecule has 0 spiro atoms. The predicted octanol–water partition coefficient (Wildman–Crippen LogP) is 4.46. The molecule has 3 rings (SSSR count). The first-order valence-corrected chi connectivity index (χ1v) is 9.66. The molecule has 0 amide bonds. The lowest BCUT2D eigenvalue weighted by atomic mass is 10.2. The molecule has 8 heteroatoms. The zero-order valence-electron chi connectivity index (χ0n) is 15.1. The van der Waals surface area contributed by atoms with Crippen molar-refractivity contribution in [3.63, 3.8) is 0 Å². The van der Waals surface area contributed by atoms with Gasteiger partial charge in [-0.2, -0.15) is 5.26 Å². The highest BCUT2D eigenvalue weighted by molar-refractivity contribution is 7.98. The molecule has 2 N–H and O–H groups in total. The molecule has 0 fully saturated rings. The van der Waals surface area contributed by atoms with Gasteiger partial charge in [0, 0.05) is 16.8 Å². The Morgan fingerprint density at radius 2 is 1.93 bits per heavy atom. The molecular formula is C20H17ClN4O2S. The summed E-state index contributed by atoms with van der Waals surface area (Å²) in [4.78, 5) is 8.68. The molecule has 0 radical (unpaired) electrons. The van der Waals surface area contributed by atoms with E-state index in [0.717, 1.165) is 5.56 Å². The summed E-state index contributed by atoms with van der Waals surface area (Å²) in [5.41, 5.74) is 7.57. The normalized spacial score (nSPS) is 10.3. The van der Waals surface area contributed by atoms with Crippen LogP contribution in [0.4, 0.5) is 5.82 Å². The fraction of sp³-hybridized carbons (Fsp3) is 0.150. The summed E-state index contributed by atoms with van der Waals surface area (Å²) in [5.74, 6) is 1.99. The van der Waals surface area contributed by atoms with Crippen LogP contribution in [-0.4, -0.2) is 17.1 Å². The predicted molar refractivity (Wildman–Crippen MR) is 109 cm³/mol. The van der Waals surface area contributed by atoms with Gasteiger partial charge in [0.25, 0.3) is 0 Å². The number of thioether (sulfide) groups is 1. The highest BCUT2D eigenvalue weighted by Crippen LogP contribution is 2.27. The summed E-state index contributed by atoms with van der Waals surface area (Å²) in [6.07, 6.45) is 0. The number of methoxy groups -OCH3 is 1. The number of rotatable bonds is 7. The van der Waals surface area contributed by atoms with Crippen LogP contribution in [0.15, 0.2) is 53.7 Å². The second kappa shape index (κ2) is 9.31. The van der Waals surface area contributed by atoms with Crippen molar-refractivity contribution in [2.24, 2.45) is 0 Å². The Bertz CT molecular complexity index is 1020. The Kier molecular flexibility index (Phi) is 6.58. The van der Waals surface area contributed by atoms with Crippen LogP contribution in [0, 0.1) is 11.3 Å². The van der Waals surface area contributed by atoms with E-state index in [-0.39, 0.29) is 18.0 Å². The molecule has 0 bridgehead atoms. The molecule has 0 atom stereocenters. The molecule has 6 nitrogen and oxygen atoms in total. The molecule has 1 aromatic heterocycles. The number of aromatic nitrogens is 2. The van der Waals surface area contributed by atoms with Gasteiger partial charge in [-0.15, -0.1) is 0 Å². The number of nitriles is 1. The third-order valence-electron chi connectivity index (χ3n) is 3.83. The van der Waals surface area contributed by atoms with E-state index in [1.165, 1.54) is 11.8 Å². The molecule has 142 valence electrons. The van der Waals surface area contributed by atoms with Crippen LogP contribution in [-0.2, 0) is 12.4 Å². The Hall–Kier alpha value is -2.95. The first-order chi connectivity index (χ1) is 13.6. The van der Waals surface area contributed by atoms with Crippen molar-refractivity contribution >= 4 is 29.2 Å². The molecule has 0 aliphatic heterocycles. The third kappa shape index (κ3) is 4.85. The van der Waals surface area contributed by atoms with Crippen molar-refractivity contribution in [3.8, 4) is 17.6 Å². The SMILES string of the molecule is COc1cccc(OCc2nc(SCc3ccccc3Cl)nc(N)c2C#N)c1. The first-order valence-electron chi connectivity index (χ1n) is 8.30. The van der Waals surface area contributed by atoms with Gasteiger partial charge in [-0.05, 0) is 23.8 Å². The monoisotopic (exact) mass is 412 g/mol. The summed E-state index contributed by atoms with van der Waals surface area (Å²) in [5, 5.41) is 10.5. The molecule has 2 aromatic carbocycles. The fourth-order valence-corrected chi connectivity index (χ4v) is 3.55. The van der Waals surface area contributed by atoms with Crippen molar-refractivity contribution < 1.29 is 9.47 Å². The van der Waals surface area contributed by atoms with Gasteiger partial charge in [-0.25, -0.2) is 9.97 Å². The summed E-state index contributed by atoms with van der Waals surface area (Å²) >= 11 is 7.58. The maximum Gasteiger partial charge on any atom is 0.190 e. The Morgan fingerprint density at radius 1 is 1.14 bits per heavy atom. The van der Waals surface area contributed by atoms with Crippen LogP contribution >= 0.6 is 23.4 Å². The van der Waals surface area contributed by atoms with Crippen molar-refractivity contribution in [2.75, 3.05) is 12.8 Å². The van der Waals surface area contributed by atoms with Gasteiger partial charge >= 0.3 is 0 Å². The number of hydrogen-bond acceptors (Lipinski definition) is 7. The van der Waals surface area contributed by atoms with Gasteiger partial charge in [0.05, 0.1) is 7.11 Å². The third-order valence-corrected chi connectivity index (χ3v) is 5.10. The fourth-order valence-electron chi connectivity index (χ4n) is 2.39. The zero-order valence-corrected chi connectivity index (χ0v) is 16.6. The highest BCUT2D eigenvalue weighted by atomic mass is 35.5. The number of anilines is 1. The molecule has 3 aromatic rings. The molecule has 0 unspecified atom stereocenters. The number of nitrogen functional groups attached to an aromatic ring is 1. The summed E-state index contributed by atoms with van der Waals surface area (Å²) in [7, 11) is 1.58. The van der Waals surface area contributed by atoms with E-state index >= 15 is 0 Å². The van der Waals surface area contributed by atoms with Gasteiger partial charge in [0.15, 0.2) is 5.16 Å². The molecule has 0 saturated heterocycles. The largest absolute Gasteiger partial charge is 0.497 e. The van der Waals surface area contributed by atoms with E-state index in [4.69, 9.17) is 26.8 Å². The first kappa shape index (κ1) is 19.8. The van der Waals surface area contributed by atoms with E-state index in [2.05, 4.69) is 9.97 Å². The quantitative estimate of drug-likeness (QED) is 0.452. The van der Waals surface area contributed by atoms with E-state index in [9.17, 15) is 5.26 Å². The molecule has 0 aliphatic carbocycles. The molecule has 0 saturated carbocycles. The van der Waals surface area contributed by atoms with Gasteiger partial charge in [-0.1, -0.05) is 47.6 Å². The summed E-state index contributed by atoms with van der Waals surface area (Å²) in [6, 6.07) is 16.8. The topological polar surface area (TPSA) is 94.1 Å². The Balaban J connectivity index is 1.78. The average Bonchev–Trinajstić information content (AvgIpc) is 2.71. The molecule has 28 heavy (non-hydrogen) atoms. The number of halogens is 1. The van der Waals surface area contributed by atoms with Crippen molar-refractivity contribution in [1.82, 2.24) is 9.97 Å². The van der Waals surface area contributed by atoms with E-state index < -0.39 is 0 Å². The Morgan fingerprint density at radius 3 is 2.68 bits per heavy atom. The summed E-state index contributed by atoms with van der Waals surface area (Å²) < 4.78 is 10.9. The van der Waals surface area contributed by atoms with Gasteiger partial charge in [0.2, 0.25) is 0 Å². The minimum Gasteiger partial charge on any atom is -0.497 e. The minimum absolute atomic E-state index is 0.0857. The lowest BCUT2D eigenvalue weighted by Gasteiger charge is -2.11. The number of hydrogen-bond donors (Lipinski definition) is 1. The van der Waals surface area contributed by atoms with Crippen LogP contribution in [0.2, 0.25) is 5.02 Å². The number of ether oxygens (including phenoxy) is 2. The van der Waals surface area contributed by atoms with Crippen molar-refractivity contribution in [1.29, 1.82) is 5.26 Å². The van der Waals surface area contributed by atoms with Crippen molar-refractivity contribution in [3.05, 3.63) is 70.4 Å². The molecular weight excluding hydrogens is 396 g/mol. The highest BCUT2D eigenvalue weighted by Gasteiger charge is 2.14. The lowest BCUT2D eigenvalue weighted by molar-refractivity contribution is 0.297. The van der Waals surface area contributed by atoms with Gasteiger partial charge < -0.3 is 15.2 Å². The van der Waals surface area contributed by atoms with Gasteiger partial charge in [-0.3, -0.25) is 0 Å². The Labute approximate surface area is 172 Å². The van der Waals surface area contributed by atoms with Crippen LogP contribution in [0.5, 0.6) is 11.5 Å². The maximum atomic E-state index is 9.40. The molecule has 0 aliphatic rings. The number of benzene rings is 2. The van der Waals surface area contributed by atoms with E-state index in [0.29, 0.717) is 33.1 Å². The van der Waals surface area contributed by atoms with Crippen LogP contribution in [0.1, 0.15) is 16.8 Å². The van der Waals surface area contributed by atoms with Crippen LogP contribution in [0.25, 0.3) is 0 Å². The standard InChI is InChI=1S/C20H17ClN4O2S/c1-26-14-6-4-7-15(9-14)27-11-18-16(10-22)19(23)25-20(24-18)28-12-13-5-2-3-8-17(13)21/h2-9H,11-12H2,1H3,(H2,23,24,25). The van der Waals surface area contributed by atoms with E-state index in [1.807, 2.05) is 42.5 Å². The molecule has 1 heterocycles. The zero-order chi connectivity index (χ0) is 19.9. The minimum atomic E-state index is 0.0857. The second-order valence-corrected chi connectivity index (χ2v) is 7.02. The second-order valence-electron chi connectivity index (χ2n) is 5.67. The van der Waals surface area contributed by atoms with Crippen LogP contribution < -0.4 is 15.2 Å². The van der Waals surface area contributed by atoms with Crippen LogP contribution in [0.3, 0.4) is 0 Å². The maximum absolute atomic E-state index is 9.40. The average molecular weight is 413 g/mol. The van der Waals surface area contributed by atoms with Gasteiger partial charge in [0.1, 0.15) is 41.3 Å². The number of nitrogens with zero attached hydrogens (tertiary/aromatic N) is 3. The lowest BCUT2D eigenvalue weighted by Crippen LogP contribution is -2.08. The number of nitrogens with two attached hydrogens (primary N) is 1. The summed E-state index contributed by atoms with van der Waals surface area (Å²) in [6.45, 7) is 0.0857. The van der Waals surface area contributed by atoms with E-state index in [1.54, 1.807) is 19.2 Å². The van der Waals surface area contributed by atoms with Crippen molar-refractivity contribution in [2.45, 2.75) is 17.5 Å². The smallest absolute Gasteiger partial charge is 0.190 e.